The Hall–Kier alpha value is -1.66. The summed E-state index contributed by atoms with van der Waals surface area (Å²) in [5, 5.41) is 2.10. The Morgan fingerprint density at radius 3 is 2.46 bits per heavy atom. The van der Waals surface area contributed by atoms with Crippen LogP contribution in [-0.2, 0) is 21.1 Å². The second-order valence-corrected chi connectivity index (χ2v) is 10.1. The first-order chi connectivity index (χ1) is 12.4. The number of hydrogen-bond donors (Lipinski definition) is 0. The number of aryl methyl sites for hydroxylation is 1. The van der Waals surface area contributed by atoms with Crippen molar-refractivity contribution in [2.75, 3.05) is 18.8 Å². The third-order valence-corrected chi connectivity index (χ3v) is 7.63. The van der Waals surface area contributed by atoms with E-state index in [-0.39, 0.29) is 18.1 Å². The van der Waals surface area contributed by atoms with Gasteiger partial charge < -0.3 is 4.90 Å². The van der Waals surface area contributed by atoms with Crippen LogP contribution in [0.5, 0.6) is 0 Å². The zero-order chi connectivity index (χ0) is 18.6. The van der Waals surface area contributed by atoms with Crippen LogP contribution in [0, 0.1) is 12.8 Å². The highest BCUT2D eigenvalue weighted by Gasteiger charge is 2.24. The van der Waals surface area contributed by atoms with Crippen molar-refractivity contribution in [3.63, 3.8) is 0 Å². The summed E-state index contributed by atoms with van der Waals surface area (Å²) in [5.41, 5.74) is 1.02. The SMILES string of the molecule is Cc1ccc(S(=O)(=O)CCC(=O)N2CCC(Cc3cccs3)CC2)cc1. The quantitative estimate of drug-likeness (QED) is 0.754. The van der Waals surface area contributed by atoms with Crippen LogP contribution < -0.4 is 0 Å². The molecule has 0 radical (unpaired) electrons. The van der Waals surface area contributed by atoms with Crippen LogP contribution in [0.4, 0.5) is 0 Å². The van der Waals surface area contributed by atoms with Crippen molar-refractivity contribution in [2.45, 2.75) is 37.5 Å². The van der Waals surface area contributed by atoms with Crippen LogP contribution in [0.1, 0.15) is 29.7 Å². The van der Waals surface area contributed by atoms with Gasteiger partial charge in [-0.15, -0.1) is 11.3 Å². The zero-order valence-electron chi connectivity index (χ0n) is 15.1. The molecular weight excluding hydrogens is 366 g/mol. The lowest BCUT2D eigenvalue weighted by Gasteiger charge is -2.32. The summed E-state index contributed by atoms with van der Waals surface area (Å²) >= 11 is 1.79. The molecule has 1 aromatic heterocycles. The van der Waals surface area contributed by atoms with Gasteiger partial charge in [0, 0.05) is 24.4 Å². The van der Waals surface area contributed by atoms with Crippen molar-refractivity contribution >= 4 is 27.1 Å². The highest BCUT2D eigenvalue weighted by atomic mass is 32.2. The van der Waals surface area contributed by atoms with Crippen LogP contribution in [0.3, 0.4) is 0 Å². The van der Waals surface area contributed by atoms with Crippen LogP contribution in [0.2, 0.25) is 0 Å². The van der Waals surface area contributed by atoms with E-state index in [4.69, 9.17) is 0 Å². The molecule has 0 atom stereocenters. The van der Waals surface area contributed by atoms with E-state index in [1.165, 1.54) is 4.88 Å². The molecule has 1 aliphatic rings. The molecule has 26 heavy (non-hydrogen) atoms. The summed E-state index contributed by atoms with van der Waals surface area (Å²) < 4.78 is 24.8. The number of piperidine rings is 1. The molecular formula is C20H25NO3S2. The fourth-order valence-electron chi connectivity index (χ4n) is 3.34. The predicted molar refractivity (Wildman–Crippen MR) is 105 cm³/mol. The molecule has 0 unspecified atom stereocenters. The summed E-state index contributed by atoms with van der Waals surface area (Å²) in [6.45, 7) is 3.39. The number of nitrogens with zero attached hydrogens (tertiary/aromatic N) is 1. The van der Waals surface area contributed by atoms with Crippen molar-refractivity contribution in [3.05, 3.63) is 52.2 Å². The Bertz CT molecular complexity index is 818. The van der Waals surface area contributed by atoms with Gasteiger partial charge in [0.05, 0.1) is 10.6 Å². The minimum Gasteiger partial charge on any atom is -0.343 e. The van der Waals surface area contributed by atoms with Gasteiger partial charge in [0.1, 0.15) is 0 Å². The second kappa shape index (κ2) is 8.35. The van der Waals surface area contributed by atoms with E-state index in [1.54, 1.807) is 35.6 Å². The summed E-state index contributed by atoms with van der Waals surface area (Å²) in [6, 6.07) is 11.0. The van der Waals surface area contributed by atoms with Gasteiger partial charge in [-0.2, -0.15) is 0 Å². The molecule has 1 aromatic carbocycles. The lowest BCUT2D eigenvalue weighted by atomic mass is 9.93. The molecule has 1 aliphatic heterocycles. The maximum atomic E-state index is 12.4. The Morgan fingerprint density at radius 2 is 1.85 bits per heavy atom. The number of carbonyl (C=O) groups excluding carboxylic acids is 1. The predicted octanol–water partition coefficient (Wildman–Crippen LogP) is 3.70. The van der Waals surface area contributed by atoms with Gasteiger partial charge in [-0.1, -0.05) is 23.8 Å². The van der Waals surface area contributed by atoms with E-state index >= 15 is 0 Å². The smallest absolute Gasteiger partial charge is 0.223 e. The molecule has 1 saturated heterocycles. The van der Waals surface area contributed by atoms with Gasteiger partial charge >= 0.3 is 0 Å². The maximum absolute atomic E-state index is 12.4. The number of benzene rings is 1. The van der Waals surface area contributed by atoms with E-state index in [0.717, 1.165) is 37.9 Å². The summed E-state index contributed by atoms with van der Waals surface area (Å²) in [5.74, 6) is 0.452. The van der Waals surface area contributed by atoms with Gasteiger partial charge in [0.25, 0.3) is 0 Å². The topological polar surface area (TPSA) is 54.5 Å². The molecule has 4 nitrogen and oxygen atoms in total. The molecule has 140 valence electrons. The lowest BCUT2D eigenvalue weighted by Crippen LogP contribution is -2.39. The Morgan fingerprint density at radius 1 is 1.15 bits per heavy atom. The fraction of sp³-hybridized carbons (Fsp3) is 0.450. The van der Waals surface area contributed by atoms with Crippen molar-refractivity contribution in [2.24, 2.45) is 5.92 Å². The molecule has 1 fully saturated rings. The molecule has 3 rings (SSSR count). The number of carbonyl (C=O) groups is 1. The number of amides is 1. The summed E-state index contributed by atoms with van der Waals surface area (Å²) in [6.07, 6.45) is 3.13. The highest BCUT2D eigenvalue weighted by Crippen LogP contribution is 2.24. The first-order valence-electron chi connectivity index (χ1n) is 9.03. The molecule has 1 amide bonds. The van der Waals surface area contributed by atoms with Gasteiger partial charge in [0.2, 0.25) is 5.91 Å². The highest BCUT2D eigenvalue weighted by molar-refractivity contribution is 7.91. The molecule has 0 spiro atoms. The standard InChI is InChI=1S/C20H25NO3S2/c1-16-4-6-19(7-5-16)26(23,24)14-10-20(22)21-11-8-17(9-12-21)15-18-3-2-13-25-18/h2-7,13,17H,8-12,14-15H2,1H3. The molecule has 2 aromatic rings. The molecule has 0 bridgehead atoms. The van der Waals surface area contributed by atoms with Gasteiger partial charge in [-0.3, -0.25) is 4.79 Å². The van der Waals surface area contributed by atoms with E-state index < -0.39 is 9.84 Å². The first-order valence-corrected chi connectivity index (χ1v) is 11.6. The van der Waals surface area contributed by atoms with E-state index in [2.05, 4.69) is 17.5 Å². The Labute approximate surface area is 159 Å². The van der Waals surface area contributed by atoms with E-state index in [1.807, 2.05) is 11.8 Å². The van der Waals surface area contributed by atoms with Crippen LogP contribution in [0.25, 0.3) is 0 Å². The van der Waals surface area contributed by atoms with Crippen LogP contribution >= 0.6 is 11.3 Å². The van der Waals surface area contributed by atoms with Crippen molar-refractivity contribution in [3.8, 4) is 0 Å². The van der Waals surface area contributed by atoms with Crippen LogP contribution in [0.15, 0.2) is 46.7 Å². The van der Waals surface area contributed by atoms with Crippen molar-refractivity contribution in [1.82, 2.24) is 4.90 Å². The second-order valence-electron chi connectivity index (χ2n) is 6.99. The molecule has 6 heteroatoms. The Kier molecular flexibility index (Phi) is 6.14. The maximum Gasteiger partial charge on any atom is 0.223 e. The Balaban J connectivity index is 1.47. The summed E-state index contributed by atoms with van der Waals surface area (Å²) in [7, 11) is -3.40. The largest absolute Gasteiger partial charge is 0.343 e. The first kappa shape index (κ1) is 19.1. The van der Waals surface area contributed by atoms with Gasteiger partial charge in [-0.25, -0.2) is 8.42 Å². The van der Waals surface area contributed by atoms with E-state index in [0.29, 0.717) is 10.8 Å². The van der Waals surface area contributed by atoms with Gasteiger partial charge in [-0.05, 0) is 55.7 Å². The van der Waals surface area contributed by atoms with E-state index in [9.17, 15) is 13.2 Å². The zero-order valence-corrected chi connectivity index (χ0v) is 16.7. The van der Waals surface area contributed by atoms with Crippen molar-refractivity contribution < 1.29 is 13.2 Å². The minimum absolute atomic E-state index is 0.0461. The average molecular weight is 392 g/mol. The van der Waals surface area contributed by atoms with Crippen molar-refractivity contribution in [1.29, 1.82) is 0 Å². The average Bonchev–Trinajstić information content (AvgIpc) is 3.14. The van der Waals surface area contributed by atoms with Crippen LogP contribution in [-0.4, -0.2) is 38.1 Å². The number of thiophene rings is 1. The lowest BCUT2D eigenvalue weighted by molar-refractivity contribution is -0.132. The van der Waals surface area contributed by atoms with Gasteiger partial charge in [0.15, 0.2) is 9.84 Å². The number of likely N-dealkylation sites (tertiary alicyclic amines) is 1. The summed E-state index contributed by atoms with van der Waals surface area (Å²) in [4.78, 5) is 15.9. The molecule has 2 heterocycles. The number of hydrogen-bond acceptors (Lipinski definition) is 4. The monoisotopic (exact) mass is 391 g/mol. The fourth-order valence-corrected chi connectivity index (χ4v) is 5.39. The minimum atomic E-state index is -3.40. The molecule has 0 aliphatic carbocycles. The molecule has 0 saturated carbocycles. The number of sulfone groups is 1. The third kappa shape index (κ3) is 4.95. The number of rotatable bonds is 6. The normalized spacial score (nSPS) is 16.0. The third-order valence-electron chi connectivity index (χ3n) is 5.00. The molecule has 0 N–H and O–H groups in total.